The maximum absolute atomic E-state index is 5.76. The molecule has 1 aromatic carbocycles. The van der Waals surface area contributed by atoms with E-state index in [0.29, 0.717) is 5.69 Å². The van der Waals surface area contributed by atoms with Gasteiger partial charge in [0, 0.05) is 18.5 Å². The van der Waals surface area contributed by atoms with Gasteiger partial charge in [0.2, 0.25) is 0 Å². The summed E-state index contributed by atoms with van der Waals surface area (Å²) < 4.78 is 5.37. The highest BCUT2D eigenvalue weighted by molar-refractivity contribution is 5.92. The summed E-state index contributed by atoms with van der Waals surface area (Å²) in [7, 11) is 0. The summed E-state index contributed by atoms with van der Waals surface area (Å²) in [6.45, 7) is 3.41. The summed E-state index contributed by atoms with van der Waals surface area (Å²) >= 11 is 0. The number of nitrogens with zero attached hydrogens (tertiary/aromatic N) is 2. The number of nitrogens with two attached hydrogens (primary N) is 1. The molecule has 2 aromatic rings. The van der Waals surface area contributed by atoms with Crippen molar-refractivity contribution in [3.63, 3.8) is 0 Å². The van der Waals surface area contributed by atoms with Gasteiger partial charge in [-0.25, -0.2) is 0 Å². The van der Waals surface area contributed by atoms with Crippen molar-refractivity contribution in [3.8, 4) is 0 Å². The number of para-hydroxylation sites is 1. The molecule has 2 heterocycles. The van der Waals surface area contributed by atoms with Crippen LogP contribution in [0.25, 0.3) is 10.9 Å². The van der Waals surface area contributed by atoms with Gasteiger partial charge in [-0.2, -0.15) is 0 Å². The summed E-state index contributed by atoms with van der Waals surface area (Å²) in [5, 5.41) is 1.09. The Balaban J connectivity index is 2.09. The summed E-state index contributed by atoms with van der Waals surface area (Å²) in [6.07, 6.45) is 1.71. The zero-order chi connectivity index (χ0) is 11.7. The van der Waals surface area contributed by atoms with Crippen molar-refractivity contribution in [1.82, 2.24) is 4.98 Å². The van der Waals surface area contributed by atoms with Crippen LogP contribution in [-0.2, 0) is 4.74 Å². The number of anilines is 2. The molecule has 0 amide bonds. The van der Waals surface area contributed by atoms with E-state index in [9.17, 15) is 0 Å². The quantitative estimate of drug-likeness (QED) is 0.808. The molecule has 1 saturated heterocycles. The molecule has 2 N–H and O–H groups in total. The highest BCUT2D eigenvalue weighted by Gasteiger charge is 2.14. The van der Waals surface area contributed by atoms with Crippen molar-refractivity contribution < 1.29 is 4.74 Å². The zero-order valence-corrected chi connectivity index (χ0v) is 9.60. The van der Waals surface area contributed by atoms with E-state index in [-0.39, 0.29) is 0 Å². The summed E-state index contributed by atoms with van der Waals surface area (Å²) in [6, 6.07) is 8.17. The first-order valence-corrected chi connectivity index (χ1v) is 5.81. The highest BCUT2D eigenvalue weighted by Crippen LogP contribution is 2.26. The van der Waals surface area contributed by atoms with Crippen molar-refractivity contribution >= 4 is 22.3 Å². The van der Waals surface area contributed by atoms with E-state index in [1.54, 1.807) is 6.20 Å². The molecule has 0 bridgehead atoms. The van der Waals surface area contributed by atoms with Gasteiger partial charge in [0.05, 0.1) is 36.3 Å². The maximum Gasteiger partial charge on any atom is 0.0936 e. The van der Waals surface area contributed by atoms with Crippen molar-refractivity contribution in [2.45, 2.75) is 0 Å². The third-order valence-electron chi connectivity index (χ3n) is 3.06. The average molecular weight is 229 g/mol. The second kappa shape index (κ2) is 4.22. The van der Waals surface area contributed by atoms with Gasteiger partial charge in [0.15, 0.2) is 0 Å². The van der Waals surface area contributed by atoms with Crippen LogP contribution in [0.1, 0.15) is 0 Å². The molecule has 4 nitrogen and oxygen atoms in total. The van der Waals surface area contributed by atoms with E-state index in [2.05, 4.69) is 16.0 Å². The van der Waals surface area contributed by atoms with Crippen LogP contribution in [0.15, 0.2) is 30.5 Å². The molecule has 0 unspecified atom stereocenters. The Morgan fingerprint density at radius 2 is 2.06 bits per heavy atom. The number of hydrogen-bond donors (Lipinski definition) is 1. The van der Waals surface area contributed by atoms with Crippen LogP contribution in [0.3, 0.4) is 0 Å². The van der Waals surface area contributed by atoms with Gasteiger partial charge in [-0.15, -0.1) is 0 Å². The van der Waals surface area contributed by atoms with Gasteiger partial charge in [-0.3, -0.25) is 4.98 Å². The molecule has 0 radical (unpaired) electrons. The van der Waals surface area contributed by atoms with Gasteiger partial charge in [-0.05, 0) is 12.1 Å². The van der Waals surface area contributed by atoms with E-state index >= 15 is 0 Å². The minimum Gasteiger partial charge on any atom is -0.397 e. The molecule has 0 atom stereocenters. The van der Waals surface area contributed by atoms with E-state index in [1.807, 2.05) is 18.2 Å². The molecule has 17 heavy (non-hydrogen) atoms. The van der Waals surface area contributed by atoms with Crippen LogP contribution in [0.5, 0.6) is 0 Å². The second-order valence-electron chi connectivity index (χ2n) is 4.22. The first-order valence-electron chi connectivity index (χ1n) is 5.81. The molecule has 1 aromatic heterocycles. The monoisotopic (exact) mass is 229 g/mol. The summed E-state index contributed by atoms with van der Waals surface area (Å²) in [5.41, 5.74) is 8.65. The number of ether oxygens (including phenoxy) is 1. The SMILES string of the molecule is Nc1cnc2c(N3CCOCC3)cccc2c1. The van der Waals surface area contributed by atoms with Crippen LogP contribution in [0.2, 0.25) is 0 Å². The Morgan fingerprint density at radius 3 is 2.88 bits per heavy atom. The van der Waals surface area contributed by atoms with Crippen LogP contribution in [0.4, 0.5) is 11.4 Å². The van der Waals surface area contributed by atoms with Crippen LogP contribution >= 0.6 is 0 Å². The first kappa shape index (κ1) is 10.4. The Bertz CT molecular complexity index is 535. The molecule has 1 aliphatic rings. The lowest BCUT2D eigenvalue weighted by Crippen LogP contribution is -2.36. The molecule has 88 valence electrons. The maximum atomic E-state index is 5.76. The lowest BCUT2D eigenvalue weighted by Gasteiger charge is -2.29. The van der Waals surface area contributed by atoms with Crippen molar-refractivity contribution in [1.29, 1.82) is 0 Å². The topological polar surface area (TPSA) is 51.4 Å². The first-order chi connectivity index (χ1) is 8.34. The number of hydrogen-bond acceptors (Lipinski definition) is 4. The number of aromatic nitrogens is 1. The van der Waals surface area contributed by atoms with Crippen LogP contribution < -0.4 is 10.6 Å². The number of rotatable bonds is 1. The van der Waals surface area contributed by atoms with Crippen molar-refractivity contribution in [2.24, 2.45) is 0 Å². The zero-order valence-electron chi connectivity index (χ0n) is 9.60. The van der Waals surface area contributed by atoms with Gasteiger partial charge in [0.1, 0.15) is 0 Å². The molecule has 0 aliphatic carbocycles. The highest BCUT2D eigenvalue weighted by atomic mass is 16.5. The largest absolute Gasteiger partial charge is 0.397 e. The number of fused-ring (bicyclic) bond motifs is 1. The second-order valence-corrected chi connectivity index (χ2v) is 4.22. The lowest BCUT2D eigenvalue weighted by molar-refractivity contribution is 0.123. The van der Waals surface area contributed by atoms with E-state index in [1.165, 1.54) is 5.69 Å². The standard InChI is InChI=1S/C13H15N3O/c14-11-8-10-2-1-3-12(13(10)15-9-11)16-4-6-17-7-5-16/h1-3,8-9H,4-7,14H2. The van der Waals surface area contributed by atoms with E-state index < -0.39 is 0 Å². The van der Waals surface area contributed by atoms with Gasteiger partial charge in [-0.1, -0.05) is 12.1 Å². The predicted octanol–water partition coefficient (Wildman–Crippen LogP) is 1.65. The average Bonchev–Trinajstić information content (AvgIpc) is 2.39. The third kappa shape index (κ3) is 1.91. The van der Waals surface area contributed by atoms with Gasteiger partial charge >= 0.3 is 0 Å². The minimum absolute atomic E-state index is 0.705. The molecule has 1 fully saturated rings. The Labute approximate surface area is 100.0 Å². The summed E-state index contributed by atoms with van der Waals surface area (Å²) in [4.78, 5) is 6.76. The Hall–Kier alpha value is -1.81. The molecule has 0 spiro atoms. The van der Waals surface area contributed by atoms with Gasteiger partial charge < -0.3 is 15.4 Å². The number of nitrogen functional groups attached to an aromatic ring is 1. The van der Waals surface area contributed by atoms with Crippen LogP contribution in [-0.4, -0.2) is 31.3 Å². The summed E-state index contributed by atoms with van der Waals surface area (Å²) in [5.74, 6) is 0. The fourth-order valence-electron chi connectivity index (χ4n) is 2.22. The van der Waals surface area contributed by atoms with E-state index in [0.717, 1.165) is 37.2 Å². The molecule has 1 aliphatic heterocycles. The number of pyridine rings is 1. The third-order valence-corrected chi connectivity index (χ3v) is 3.06. The van der Waals surface area contributed by atoms with Crippen LogP contribution in [0, 0.1) is 0 Å². The molecular weight excluding hydrogens is 214 g/mol. The Kier molecular flexibility index (Phi) is 2.57. The minimum atomic E-state index is 0.705. The fourth-order valence-corrected chi connectivity index (χ4v) is 2.22. The predicted molar refractivity (Wildman–Crippen MR) is 69.2 cm³/mol. The van der Waals surface area contributed by atoms with Crippen molar-refractivity contribution in [2.75, 3.05) is 36.9 Å². The molecule has 4 heteroatoms. The van der Waals surface area contributed by atoms with E-state index in [4.69, 9.17) is 10.5 Å². The Morgan fingerprint density at radius 1 is 1.24 bits per heavy atom. The fraction of sp³-hybridized carbons (Fsp3) is 0.308. The lowest BCUT2D eigenvalue weighted by atomic mass is 10.1. The normalized spacial score (nSPS) is 16.4. The number of benzene rings is 1. The molecule has 0 saturated carbocycles. The number of morpholine rings is 1. The van der Waals surface area contributed by atoms with Gasteiger partial charge in [0.25, 0.3) is 0 Å². The molecular formula is C13H15N3O. The smallest absolute Gasteiger partial charge is 0.0936 e. The molecule has 3 rings (SSSR count). The van der Waals surface area contributed by atoms with Crippen molar-refractivity contribution in [3.05, 3.63) is 30.5 Å².